The molecule has 4 unspecified atom stereocenters. The van der Waals surface area contributed by atoms with Gasteiger partial charge in [0.15, 0.2) is 28.1 Å². The molecular weight excluding hydrogens is 1870 g/mol. The van der Waals surface area contributed by atoms with Crippen molar-refractivity contribution in [2.24, 2.45) is 32.4 Å². The van der Waals surface area contributed by atoms with Crippen molar-refractivity contribution in [1.29, 1.82) is 0 Å². The number of halogens is 2. The number of guanidine groups is 1. The summed E-state index contributed by atoms with van der Waals surface area (Å²) >= 11 is 3.31. The number of phenolic OH excluding ortho intramolecular Hbond substituents is 1. The standard InChI is InChI=1S/C22H32N4O3.2C22H31N3O4.C18H22N2O4.C4H10BrN.C4H10O2.CH2O3.CH4.BrH.2K.H/c1-25(2)11-12-29-17-6-5-15-14-21(9-7-16(28-4)8-10-21)22(18(15)13-17)19(27)26(3)20(23)24-22;2*1-24(2)11-12-29-17-6-5-15-14-21(9-7-16(28-4)8-10-21)22(18(15)13-17)19(26)25(3)20(27)23-22;1-20-15(22)18(19-16(20)23)14-9-12(21)4-3-11(14)10-17(18)7-5-13(24-2)6-8-17;1-6(2)4-3-5;1-4(2,3)6-5;2-1-4-3;;;;;/h5-6,13,16H,7-12,14H2,1-4H3,(H2,23,24);2*5-6,13,16H,7-12,14H2,1-4H3,(H,23,27);3-4,9,13,21H,5-8,10H2,1-2H3,(H,19,23);3-4H2,1-2H3;5H,1-3H3;1,3H;1H4;1H;;;/q;;;;;;;;;2*+1;-1/p-1. The Bertz CT molecular complexity index is 4470. The van der Waals surface area contributed by atoms with Crippen LogP contribution in [0.3, 0.4) is 0 Å². The summed E-state index contributed by atoms with van der Waals surface area (Å²) in [7, 11) is 29.5. The van der Waals surface area contributed by atoms with Gasteiger partial charge >= 0.3 is 121 Å². The van der Waals surface area contributed by atoms with Gasteiger partial charge in [0, 0.05) is 110 Å². The van der Waals surface area contributed by atoms with Gasteiger partial charge in [-0.1, -0.05) is 47.6 Å². The molecule has 4 atom stereocenters. The molecule has 12 aliphatic rings. The van der Waals surface area contributed by atoms with Gasteiger partial charge in [-0.2, -0.15) is 0 Å². The molecule has 16 rings (SSSR count). The number of amides is 10. The first-order valence-electron chi connectivity index (χ1n) is 44.0. The average Bonchev–Trinajstić information content (AvgIpc) is 1.54. The van der Waals surface area contributed by atoms with Crippen molar-refractivity contribution < 1.29 is 201 Å². The van der Waals surface area contributed by atoms with Gasteiger partial charge in [0.2, 0.25) is 0 Å². The summed E-state index contributed by atoms with van der Waals surface area (Å²) in [5, 5.41) is 36.6. The Kier molecular flexibility index (Phi) is 42.6. The summed E-state index contributed by atoms with van der Waals surface area (Å²) in [5.41, 5.74) is 8.51. The molecule has 4 saturated carbocycles. The smallest absolute Gasteiger partial charge is 1.00 e. The maximum atomic E-state index is 13.6. The molecule has 720 valence electrons. The van der Waals surface area contributed by atoms with E-state index in [1.54, 1.807) is 82.5 Å². The van der Waals surface area contributed by atoms with Gasteiger partial charge in [0.05, 0.1) is 30.0 Å². The Hall–Kier alpha value is -4.90. The Balaban J connectivity index is 0.000000291. The fourth-order valence-corrected chi connectivity index (χ4v) is 22.0. The summed E-state index contributed by atoms with van der Waals surface area (Å²) in [6.07, 6.45) is 18.0. The van der Waals surface area contributed by atoms with E-state index in [9.17, 15) is 38.7 Å². The number of aliphatic imine (C=N–C) groups is 1. The molecule has 8 aliphatic carbocycles. The number of benzene rings is 4. The minimum absolute atomic E-state index is 0. The van der Waals surface area contributed by atoms with Crippen LogP contribution in [-0.2, 0) is 101 Å². The van der Waals surface area contributed by atoms with E-state index >= 15 is 0 Å². The largest absolute Gasteiger partial charge is 1.00 e. The molecule has 4 aromatic rings. The molecule has 4 aromatic carbocycles. The minimum Gasteiger partial charge on any atom is -1.00 e. The zero-order chi connectivity index (χ0) is 93.2. The van der Waals surface area contributed by atoms with E-state index in [1.165, 1.54) is 32.2 Å². The van der Waals surface area contributed by atoms with E-state index in [0.717, 1.165) is 216 Å². The van der Waals surface area contributed by atoms with Crippen LogP contribution in [0.2, 0.25) is 0 Å². The number of methoxy groups -OCH3 is 4. The van der Waals surface area contributed by atoms with E-state index in [-0.39, 0.29) is 229 Å². The summed E-state index contributed by atoms with van der Waals surface area (Å²) in [6, 6.07) is 22.3. The molecule has 7 fully saturated rings. The van der Waals surface area contributed by atoms with Crippen LogP contribution in [0.1, 0.15) is 177 Å². The van der Waals surface area contributed by atoms with Crippen LogP contribution < -0.4 is 144 Å². The summed E-state index contributed by atoms with van der Waals surface area (Å²) in [5.74, 6) is 2.15. The Labute approximate surface area is 879 Å². The van der Waals surface area contributed by atoms with E-state index in [0.29, 0.717) is 25.8 Å². The van der Waals surface area contributed by atoms with Crippen molar-refractivity contribution >= 4 is 87.1 Å². The first-order valence-corrected chi connectivity index (χ1v) is 45.2. The predicted octanol–water partition coefficient (Wildman–Crippen LogP) is 3.90. The van der Waals surface area contributed by atoms with Crippen molar-refractivity contribution in [2.45, 2.75) is 209 Å². The molecule has 3 saturated heterocycles. The number of alkyl halides is 1. The molecular formula is C94H143Br2K2N13O20. The van der Waals surface area contributed by atoms with Crippen LogP contribution in [0, 0.1) is 21.7 Å². The number of rotatable bonds is 19. The quantitative estimate of drug-likeness (QED) is 0.0194. The molecule has 7 N–H and O–H groups in total. The van der Waals surface area contributed by atoms with Gasteiger partial charge in [-0.25, -0.2) is 24.3 Å². The molecule has 37 heteroatoms. The van der Waals surface area contributed by atoms with Gasteiger partial charge in [-0.15, -0.1) is 17.0 Å². The van der Waals surface area contributed by atoms with Crippen LogP contribution in [0.5, 0.6) is 23.0 Å². The van der Waals surface area contributed by atoms with Crippen LogP contribution in [0.25, 0.3) is 0 Å². The monoisotopic (exact) mass is 2010 g/mol. The first kappa shape index (κ1) is 115. The second kappa shape index (κ2) is 48.6. The summed E-state index contributed by atoms with van der Waals surface area (Å²) < 4.78 is 40.1. The minimum atomic E-state index is -1.06. The number of nitrogens with two attached hydrogens (primary N) is 1. The van der Waals surface area contributed by atoms with Crippen molar-refractivity contribution in [1.82, 2.24) is 55.1 Å². The molecule has 8 spiro atoms. The number of ether oxygens (including phenoxy) is 7. The first-order chi connectivity index (χ1) is 60.2. The molecule has 0 aromatic heterocycles. The number of carbonyl (C=O) groups excluding carboxylic acids is 8. The summed E-state index contributed by atoms with van der Waals surface area (Å²) in [4.78, 5) is 125. The molecule has 10 amide bonds. The average molecular weight is 2010 g/mol. The van der Waals surface area contributed by atoms with Gasteiger partial charge in [-0.3, -0.25) is 48.8 Å². The van der Waals surface area contributed by atoms with Crippen molar-refractivity contribution in [3.63, 3.8) is 0 Å². The number of phenols is 1. The van der Waals surface area contributed by atoms with Crippen molar-refractivity contribution in [3.05, 3.63) is 117 Å². The third-order valence-electron chi connectivity index (χ3n) is 28.3. The van der Waals surface area contributed by atoms with Crippen molar-refractivity contribution in [3.8, 4) is 23.0 Å². The fraction of sp³-hybridized carbons (Fsp3) is 0.649. The zero-order valence-electron chi connectivity index (χ0n) is 81.2. The molecule has 131 heavy (non-hydrogen) atoms. The van der Waals surface area contributed by atoms with E-state index < -0.39 is 27.8 Å². The molecule has 0 radical (unpaired) electrons. The second-order valence-electron chi connectivity index (χ2n) is 37.9. The van der Waals surface area contributed by atoms with Gasteiger partial charge in [0.25, 0.3) is 30.1 Å². The van der Waals surface area contributed by atoms with Gasteiger partial charge in [-0.05, 0) is 299 Å². The van der Waals surface area contributed by atoms with E-state index in [1.807, 2.05) is 84.8 Å². The molecule has 0 bridgehead atoms. The maximum absolute atomic E-state index is 13.6. The second-order valence-corrected chi connectivity index (χ2v) is 38.7. The zero-order valence-corrected chi connectivity index (χ0v) is 89.8. The Morgan fingerprint density at radius 3 is 0.985 bits per heavy atom. The molecule has 33 nitrogen and oxygen atoms in total. The maximum Gasteiger partial charge on any atom is 1.00 e. The van der Waals surface area contributed by atoms with Crippen LogP contribution in [-0.4, -0.2) is 298 Å². The van der Waals surface area contributed by atoms with E-state index in [4.69, 9.17) is 59.2 Å². The Morgan fingerprint density at radius 1 is 0.481 bits per heavy atom. The summed E-state index contributed by atoms with van der Waals surface area (Å²) in [6.45, 7) is 10.4. The number of urea groups is 3. The van der Waals surface area contributed by atoms with Gasteiger partial charge < -0.3 is 91.1 Å². The third kappa shape index (κ3) is 23.5. The van der Waals surface area contributed by atoms with Crippen molar-refractivity contribution in [2.75, 3.05) is 164 Å². The van der Waals surface area contributed by atoms with E-state index in [2.05, 4.69) is 93.5 Å². The molecule has 4 aliphatic heterocycles. The number of hydrogen-bond donors (Lipinski definition) is 6. The number of likely N-dealkylation sites (N-methyl/N-ethyl adjacent to an activating group) is 7. The predicted molar refractivity (Wildman–Crippen MR) is 497 cm³/mol. The van der Waals surface area contributed by atoms with Gasteiger partial charge in [0.1, 0.15) is 42.8 Å². The van der Waals surface area contributed by atoms with Crippen LogP contribution in [0.15, 0.2) is 77.8 Å². The SMILES string of the molecule is Br.C.CC(C)(C)OO.CN(C)CCBr.COC1CCC2(CC1)Cc1ccc(O)cc1C21NC(=O)N(C)C1=O.COC1CCC2(CC1)Cc1ccc(OCCN(C)C)cc1C21N=C(N)N(C)C1=O.COC1CCC2(CC1)Cc1ccc(OCCN(C)C)cc1C21NC(=O)N(C)C1=O.COC1CCC2(CC1)Cc1ccc(OCCN(C)C)cc1C21NC(=O)N(C)C1=O.O=CO[O-].[H-].[K+].[K+]. The molecule has 4 heterocycles. The number of fused-ring (bicyclic) bond motifs is 12. The number of carbonyl (C=O) groups is 8. The normalized spacial score (nSPS) is 28.2. The Morgan fingerprint density at radius 2 is 0.748 bits per heavy atom. The topological polar surface area (TPSA) is 384 Å². The third-order valence-corrected chi connectivity index (χ3v) is 28.6. The fourth-order valence-electron chi connectivity index (χ4n) is 21.3. The number of aromatic hydroxyl groups is 1. The number of imide groups is 3. The number of nitrogens with zero attached hydrogens (tertiary/aromatic N) is 9. The number of hydrogen-bond acceptors (Lipinski definition) is 26. The number of nitrogens with one attached hydrogen (secondary N) is 3. The van der Waals surface area contributed by atoms with Crippen LogP contribution in [0.4, 0.5) is 14.4 Å². The van der Waals surface area contributed by atoms with Crippen LogP contribution >= 0.6 is 32.9 Å².